The lowest BCUT2D eigenvalue weighted by atomic mass is 10.0. The number of nitrogens with one attached hydrogen (secondary N) is 2. The maximum Gasteiger partial charge on any atom is 0.331 e. The molecular weight excluding hydrogens is 364 g/mol. The van der Waals surface area contributed by atoms with Crippen molar-refractivity contribution in [2.75, 3.05) is 0 Å². The third kappa shape index (κ3) is 3.29. The highest BCUT2D eigenvalue weighted by molar-refractivity contribution is 6.08. The molecule has 0 aliphatic rings. The van der Waals surface area contributed by atoms with E-state index in [2.05, 4.69) is 25.3 Å². The zero-order valence-corrected chi connectivity index (χ0v) is 14.8. The number of aromatic amines is 1. The monoisotopic (exact) mass is 379 g/mol. The van der Waals surface area contributed by atoms with Gasteiger partial charge >= 0.3 is 5.92 Å². The number of aryl methyl sites for hydroxylation is 1. The maximum atomic E-state index is 14.9. The summed E-state index contributed by atoms with van der Waals surface area (Å²) in [5.74, 6) is -3.85. The summed E-state index contributed by atoms with van der Waals surface area (Å²) in [6, 6.07) is 7.67. The van der Waals surface area contributed by atoms with Gasteiger partial charge < -0.3 is 5.41 Å². The third-order valence-electron chi connectivity index (χ3n) is 4.18. The summed E-state index contributed by atoms with van der Waals surface area (Å²) in [6.45, 7) is 0. The average Bonchev–Trinajstić information content (AvgIpc) is 3.35. The lowest BCUT2D eigenvalue weighted by Gasteiger charge is -2.14. The van der Waals surface area contributed by atoms with Gasteiger partial charge in [0.2, 0.25) is 0 Å². The predicted molar refractivity (Wildman–Crippen MR) is 100 cm³/mol. The molecule has 140 valence electrons. The zero-order valence-electron chi connectivity index (χ0n) is 14.8. The minimum Gasteiger partial charge on any atom is -0.300 e. The van der Waals surface area contributed by atoms with Gasteiger partial charge in [0.05, 0.1) is 17.4 Å². The number of fused-ring (bicyclic) bond motifs is 1. The van der Waals surface area contributed by atoms with Gasteiger partial charge in [-0.2, -0.15) is 19.0 Å². The molecule has 3 aromatic heterocycles. The Kier molecular flexibility index (Phi) is 4.26. The van der Waals surface area contributed by atoms with Crippen molar-refractivity contribution in [3.8, 4) is 0 Å². The summed E-state index contributed by atoms with van der Waals surface area (Å²) >= 11 is 0. The molecule has 3 heterocycles. The minimum absolute atomic E-state index is 0.0609. The third-order valence-corrected chi connectivity index (χ3v) is 4.18. The van der Waals surface area contributed by atoms with Crippen LogP contribution in [-0.2, 0) is 13.0 Å². The molecule has 7 nitrogen and oxygen atoms in total. The van der Waals surface area contributed by atoms with Crippen LogP contribution in [0.4, 0.5) is 8.78 Å². The highest BCUT2D eigenvalue weighted by Gasteiger charge is 2.38. The van der Waals surface area contributed by atoms with Gasteiger partial charge in [0, 0.05) is 36.0 Å². The van der Waals surface area contributed by atoms with Crippen molar-refractivity contribution in [2.45, 2.75) is 5.92 Å². The number of pyridine rings is 1. The molecule has 1 aromatic carbocycles. The van der Waals surface area contributed by atoms with Gasteiger partial charge in [-0.1, -0.05) is 12.1 Å². The number of allylic oxidation sites excluding steroid dienone is 1. The van der Waals surface area contributed by atoms with E-state index in [4.69, 9.17) is 5.41 Å². The van der Waals surface area contributed by atoms with Crippen LogP contribution in [0.3, 0.4) is 0 Å². The van der Waals surface area contributed by atoms with Crippen molar-refractivity contribution in [3.63, 3.8) is 0 Å². The van der Waals surface area contributed by atoms with Gasteiger partial charge in [-0.15, -0.1) is 0 Å². The standard InChI is InChI=1S/C19H15F2N7/c1-28-11-13(10-24-28)15(22)5-7-17-25-18(27-26-17)19(20,21)14-4-6-16-12(9-14)3-2-8-23-16/h2-11,22H,1H3,(H,25,26,27)/b7-5-,22-15?. The second-order valence-electron chi connectivity index (χ2n) is 6.18. The fraction of sp³-hybridized carbons (Fsp3) is 0.105. The summed E-state index contributed by atoms with van der Waals surface area (Å²) in [7, 11) is 1.74. The number of alkyl halides is 2. The van der Waals surface area contributed by atoms with E-state index in [1.54, 1.807) is 48.5 Å². The first kappa shape index (κ1) is 17.7. The van der Waals surface area contributed by atoms with Crippen LogP contribution in [0, 0.1) is 5.41 Å². The SMILES string of the molecule is Cn1cc(C(=N)/C=C\c2n[nH]c(C(F)(F)c3ccc4ncccc4c3)n2)cn1. The fourth-order valence-electron chi connectivity index (χ4n) is 2.71. The molecule has 0 bridgehead atoms. The molecule has 0 spiro atoms. The van der Waals surface area contributed by atoms with Crippen LogP contribution in [0.25, 0.3) is 17.0 Å². The fourth-order valence-corrected chi connectivity index (χ4v) is 2.71. The molecule has 0 atom stereocenters. The lowest BCUT2D eigenvalue weighted by molar-refractivity contribution is 0.0333. The number of benzene rings is 1. The van der Waals surface area contributed by atoms with E-state index in [1.165, 1.54) is 24.3 Å². The largest absolute Gasteiger partial charge is 0.331 e. The number of nitrogens with zero attached hydrogens (tertiary/aromatic N) is 5. The molecule has 0 saturated heterocycles. The first-order chi connectivity index (χ1) is 13.4. The molecule has 4 aromatic rings. The van der Waals surface area contributed by atoms with Crippen LogP contribution in [-0.4, -0.2) is 35.7 Å². The lowest BCUT2D eigenvalue weighted by Crippen LogP contribution is -2.17. The Balaban J connectivity index is 1.58. The van der Waals surface area contributed by atoms with Gasteiger partial charge in [0.1, 0.15) is 0 Å². The van der Waals surface area contributed by atoms with Gasteiger partial charge in [-0.05, 0) is 30.4 Å². The molecule has 0 fully saturated rings. The van der Waals surface area contributed by atoms with Crippen molar-refractivity contribution >= 4 is 22.7 Å². The highest BCUT2D eigenvalue weighted by Crippen LogP contribution is 2.34. The number of hydrogen-bond acceptors (Lipinski definition) is 5. The Morgan fingerprint density at radius 1 is 1.29 bits per heavy atom. The first-order valence-electron chi connectivity index (χ1n) is 8.35. The minimum atomic E-state index is -3.35. The van der Waals surface area contributed by atoms with Crippen LogP contribution in [0.2, 0.25) is 0 Å². The Bertz CT molecular complexity index is 1190. The smallest absolute Gasteiger partial charge is 0.300 e. The zero-order chi connectivity index (χ0) is 19.7. The molecule has 2 N–H and O–H groups in total. The number of H-pyrrole nitrogens is 1. The van der Waals surface area contributed by atoms with Gasteiger partial charge in [-0.3, -0.25) is 14.8 Å². The molecule has 28 heavy (non-hydrogen) atoms. The summed E-state index contributed by atoms with van der Waals surface area (Å²) < 4.78 is 31.3. The van der Waals surface area contributed by atoms with Crippen molar-refractivity contribution in [3.05, 3.63) is 77.8 Å². The molecule has 0 saturated carbocycles. The van der Waals surface area contributed by atoms with Gasteiger partial charge in [0.25, 0.3) is 0 Å². The molecular formula is C19H15F2N7. The molecule has 0 amide bonds. The summed E-state index contributed by atoms with van der Waals surface area (Å²) in [5.41, 5.74) is 1.21. The number of rotatable bonds is 5. The average molecular weight is 379 g/mol. The van der Waals surface area contributed by atoms with E-state index in [1.807, 2.05) is 0 Å². The van der Waals surface area contributed by atoms with E-state index in [0.717, 1.165) is 0 Å². The Labute approximate surface area is 158 Å². The topological polar surface area (TPSA) is 96.1 Å². The second-order valence-corrected chi connectivity index (χ2v) is 6.18. The van der Waals surface area contributed by atoms with Crippen molar-refractivity contribution in [1.29, 1.82) is 5.41 Å². The quantitative estimate of drug-likeness (QED) is 0.520. The summed E-state index contributed by atoms with van der Waals surface area (Å²) in [4.78, 5) is 8.01. The predicted octanol–water partition coefficient (Wildman–Crippen LogP) is 3.31. The van der Waals surface area contributed by atoms with E-state index >= 15 is 0 Å². The van der Waals surface area contributed by atoms with Crippen LogP contribution in [0.1, 0.15) is 22.8 Å². The molecule has 0 aliphatic heterocycles. The van der Waals surface area contributed by atoms with Crippen LogP contribution >= 0.6 is 0 Å². The summed E-state index contributed by atoms with van der Waals surface area (Å²) in [6.07, 6.45) is 7.66. The molecule has 9 heteroatoms. The maximum absolute atomic E-state index is 14.9. The Morgan fingerprint density at radius 2 is 2.14 bits per heavy atom. The van der Waals surface area contributed by atoms with Gasteiger partial charge in [-0.25, -0.2) is 4.98 Å². The van der Waals surface area contributed by atoms with Crippen molar-refractivity contribution < 1.29 is 8.78 Å². The number of halogens is 2. The second kappa shape index (κ2) is 6.76. The van der Waals surface area contributed by atoms with Crippen LogP contribution in [0.5, 0.6) is 0 Å². The van der Waals surface area contributed by atoms with E-state index < -0.39 is 11.7 Å². The Morgan fingerprint density at radius 3 is 2.93 bits per heavy atom. The molecule has 0 unspecified atom stereocenters. The molecule has 0 aliphatic carbocycles. The Hall–Kier alpha value is -3.75. The summed E-state index contributed by atoms with van der Waals surface area (Å²) in [5, 5.41) is 18.7. The normalized spacial score (nSPS) is 12.1. The highest BCUT2D eigenvalue weighted by atomic mass is 19.3. The van der Waals surface area contributed by atoms with Crippen LogP contribution < -0.4 is 0 Å². The van der Waals surface area contributed by atoms with E-state index in [9.17, 15) is 8.78 Å². The number of aromatic nitrogens is 6. The van der Waals surface area contributed by atoms with E-state index in [0.29, 0.717) is 16.5 Å². The van der Waals surface area contributed by atoms with Crippen molar-refractivity contribution in [1.82, 2.24) is 29.9 Å². The van der Waals surface area contributed by atoms with Crippen LogP contribution in [0.15, 0.2) is 55.0 Å². The van der Waals surface area contributed by atoms with Gasteiger partial charge in [0.15, 0.2) is 11.6 Å². The molecule has 0 radical (unpaired) electrons. The number of hydrogen-bond donors (Lipinski definition) is 2. The first-order valence-corrected chi connectivity index (χ1v) is 8.35. The molecule has 4 rings (SSSR count). The van der Waals surface area contributed by atoms with E-state index in [-0.39, 0.29) is 17.1 Å². The van der Waals surface area contributed by atoms with Crippen molar-refractivity contribution in [2.24, 2.45) is 7.05 Å².